The third-order valence-electron chi connectivity index (χ3n) is 6.10. The van der Waals surface area contributed by atoms with Gasteiger partial charge in [-0.3, -0.25) is 14.6 Å². The highest BCUT2D eigenvalue weighted by molar-refractivity contribution is 5.93. The zero-order chi connectivity index (χ0) is 24.2. The maximum Gasteiger partial charge on any atom is 0.307 e. The number of imidazole rings is 1. The van der Waals surface area contributed by atoms with Gasteiger partial charge in [0.1, 0.15) is 0 Å². The van der Waals surface area contributed by atoms with Crippen LogP contribution in [-0.2, 0) is 9.59 Å². The number of hydrogen-bond acceptors (Lipinski definition) is 6. The molecule has 2 amide bonds. The van der Waals surface area contributed by atoms with Gasteiger partial charge >= 0.3 is 11.6 Å². The first-order chi connectivity index (χ1) is 16.4. The van der Waals surface area contributed by atoms with Crippen molar-refractivity contribution in [2.45, 2.75) is 39.2 Å². The number of benzene rings is 1. The molecule has 1 saturated heterocycles. The standard InChI is InChI=1S/C24H30N8O2/c1-5-19(33)31(4)17-9-10-18(15(3)12-17)28-24-29-22-21(25-14-26-22)23(30-24)27-16-8-7-11-32(13-16)20(34)6-2/h6,9-10,12,14,16H,2,5,7-8,11,13H2,1,3-4H3,(H3,25,26,27,28,29,30)/p+1. The van der Waals surface area contributed by atoms with Gasteiger partial charge in [0.15, 0.2) is 12.1 Å². The third-order valence-corrected chi connectivity index (χ3v) is 6.10. The molecule has 3 aromatic rings. The van der Waals surface area contributed by atoms with E-state index in [2.05, 4.69) is 32.2 Å². The topological polar surface area (TPSA) is 120 Å². The van der Waals surface area contributed by atoms with E-state index < -0.39 is 0 Å². The molecule has 1 aliphatic heterocycles. The van der Waals surface area contributed by atoms with Crippen molar-refractivity contribution in [1.82, 2.24) is 19.9 Å². The van der Waals surface area contributed by atoms with Crippen LogP contribution in [0.5, 0.6) is 0 Å². The van der Waals surface area contributed by atoms with Gasteiger partial charge in [-0.25, -0.2) is 4.98 Å². The number of aryl methyl sites for hydroxylation is 1. The number of fused-ring (bicyclic) bond motifs is 1. The number of nitrogens with zero attached hydrogens (tertiary/aromatic N) is 4. The van der Waals surface area contributed by atoms with E-state index >= 15 is 0 Å². The molecule has 4 N–H and O–H groups in total. The van der Waals surface area contributed by atoms with Gasteiger partial charge in [-0.15, -0.1) is 0 Å². The molecule has 1 unspecified atom stereocenters. The van der Waals surface area contributed by atoms with Gasteiger partial charge in [0.2, 0.25) is 17.3 Å². The normalized spacial score (nSPS) is 15.7. The molecule has 10 nitrogen and oxygen atoms in total. The molecule has 0 bridgehead atoms. The maximum atomic E-state index is 12.1. The van der Waals surface area contributed by atoms with Crippen LogP contribution in [0.15, 0.2) is 37.2 Å². The molecule has 0 aliphatic carbocycles. The molecule has 1 atom stereocenters. The highest BCUT2D eigenvalue weighted by atomic mass is 16.2. The molecule has 1 aliphatic rings. The Bertz CT molecular complexity index is 1220. The quantitative estimate of drug-likeness (QED) is 0.464. The van der Waals surface area contributed by atoms with Gasteiger partial charge in [0, 0.05) is 44.0 Å². The number of aromatic amines is 2. The number of H-pyrrole nitrogens is 2. The van der Waals surface area contributed by atoms with Crippen LogP contribution in [0.25, 0.3) is 11.2 Å². The second-order valence-corrected chi connectivity index (χ2v) is 8.45. The van der Waals surface area contributed by atoms with Gasteiger partial charge in [-0.1, -0.05) is 18.5 Å². The van der Waals surface area contributed by atoms with E-state index in [9.17, 15) is 9.59 Å². The minimum absolute atomic E-state index is 0.0555. The SMILES string of the molecule is C=CC(=O)N1CCCC(Nc2nc(Nc3ccc(N(C)C(=O)CC)cc3C)nc3[nH+]c[nH]c23)C1. The fraction of sp³-hybridized carbons (Fsp3) is 0.375. The van der Waals surface area contributed by atoms with E-state index in [-0.39, 0.29) is 17.9 Å². The smallest absolute Gasteiger partial charge is 0.307 e. The number of carbonyl (C=O) groups is 2. The summed E-state index contributed by atoms with van der Waals surface area (Å²) in [5, 5.41) is 6.79. The molecule has 0 radical (unpaired) electrons. The molecule has 1 aromatic carbocycles. The van der Waals surface area contributed by atoms with Crippen LogP contribution < -0.4 is 20.5 Å². The minimum atomic E-state index is -0.0555. The number of aromatic nitrogens is 4. The Morgan fingerprint density at radius 2 is 2.21 bits per heavy atom. The number of rotatable bonds is 7. The Morgan fingerprint density at radius 1 is 1.38 bits per heavy atom. The fourth-order valence-corrected chi connectivity index (χ4v) is 4.15. The van der Waals surface area contributed by atoms with E-state index in [1.165, 1.54) is 6.08 Å². The highest BCUT2D eigenvalue weighted by Crippen LogP contribution is 2.27. The van der Waals surface area contributed by atoms with Crippen LogP contribution in [0.2, 0.25) is 0 Å². The average Bonchev–Trinajstić information content (AvgIpc) is 3.33. The zero-order valence-electron chi connectivity index (χ0n) is 19.8. The van der Waals surface area contributed by atoms with E-state index in [0.717, 1.165) is 41.8 Å². The van der Waals surface area contributed by atoms with Crippen LogP contribution >= 0.6 is 0 Å². The fourth-order valence-electron chi connectivity index (χ4n) is 4.15. The van der Waals surface area contributed by atoms with Crippen LogP contribution in [0.4, 0.5) is 23.1 Å². The van der Waals surface area contributed by atoms with E-state index in [0.29, 0.717) is 30.4 Å². The monoisotopic (exact) mass is 463 g/mol. The number of hydrogen-bond donors (Lipinski definition) is 3. The number of likely N-dealkylation sites (tertiary alicyclic amines) is 1. The van der Waals surface area contributed by atoms with Crippen molar-refractivity contribution in [3.8, 4) is 0 Å². The molecule has 0 saturated carbocycles. The summed E-state index contributed by atoms with van der Waals surface area (Å²) in [6.07, 6.45) is 5.37. The highest BCUT2D eigenvalue weighted by Gasteiger charge is 2.25. The number of amides is 2. The molecule has 0 spiro atoms. The number of anilines is 4. The van der Waals surface area contributed by atoms with Crippen molar-refractivity contribution in [2.75, 3.05) is 35.7 Å². The van der Waals surface area contributed by atoms with E-state index in [1.807, 2.05) is 32.0 Å². The number of nitrogens with one attached hydrogen (secondary N) is 4. The summed E-state index contributed by atoms with van der Waals surface area (Å²) >= 11 is 0. The van der Waals surface area contributed by atoms with Crippen LogP contribution in [-0.4, -0.2) is 57.8 Å². The largest absolute Gasteiger partial charge is 0.362 e. The summed E-state index contributed by atoms with van der Waals surface area (Å²) in [5.41, 5.74) is 4.09. The molecule has 1 fully saturated rings. The van der Waals surface area contributed by atoms with Crippen LogP contribution in [0.1, 0.15) is 31.7 Å². The molecular formula is C24H31N8O2+. The molecular weight excluding hydrogens is 432 g/mol. The second kappa shape index (κ2) is 9.90. The lowest BCUT2D eigenvalue weighted by molar-refractivity contribution is -0.347. The Labute approximate surface area is 198 Å². The van der Waals surface area contributed by atoms with Gasteiger partial charge in [-0.2, -0.15) is 4.98 Å². The van der Waals surface area contributed by atoms with E-state index in [1.54, 1.807) is 23.2 Å². The summed E-state index contributed by atoms with van der Waals surface area (Å²) in [7, 11) is 1.78. The Morgan fingerprint density at radius 3 is 2.94 bits per heavy atom. The lowest BCUT2D eigenvalue weighted by Crippen LogP contribution is -2.44. The number of piperidine rings is 1. The molecule has 3 heterocycles. The number of carbonyl (C=O) groups excluding carboxylic acids is 2. The molecule has 4 rings (SSSR count). The van der Waals surface area contributed by atoms with Crippen LogP contribution in [0, 0.1) is 6.92 Å². The van der Waals surface area contributed by atoms with Crippen molar-refractivity contribution in [3.05, 3.63) is 42.7 Å². The molecule has 10 heteroatoms. The molecule has 34 heavy (non-hydrogen) atoms. The Kier molecular flexibility index (Phi) is 6.76. The van der Waals surface area contributed by atoms with Crippen molar-refractivity contribution in [3.63, 3.8) is 0 Å². The predicted octanol–water partition coefficient (Wildman–Crippen LogP) is 2.79. The summed E-state index contributed by atoms with van der Waals surface area (Å²) < 4.78 is 0. The lowest BCUT2D eigenvalue weighted by atomic mass is 10.1. The maximum absolute atomic E-state index is 12.1. The van der Waals surface area contributed by atoms with E-state index in [4.69, 9.17) is 4.98 Å². The summed E-state index contributed by atoms with van der Waals surface area (Å²) in [6, 6.07) is 5.85. The minimum Gasteiger partial charge on any atom is -0.362 e. The van der Waals surface area contributed by atoms with Gasteiger partial charge in [0.05, 0.1) is 0 Å². The van der Waals surface area contributed by atoms with Gasteiger partial charge in [-0.05, 0) is 49.6 Å². The van der Waals surface area contributed by atoms with Crippen molar-refractivity contribution in [2.24, 2.45) is 0 Å². The Hall–Kier alpha value is -3.95. The zero-order valence-corrected chi connectivity index (χ0v) is 19.8. The summed E-state index contributed by atoms with van der Waals surface area (Å²) in [4.78, 5) is 43.1. The molecule has 178 valence electrons. The summed E-state index contributed by atoms with van der Waals surface area (Å²) in [6.45, 7) is 8.75. The third kappa shape index (κ3) is 4.85. The van der Waals surface area contributed by atoms with Gasteiger partial charge in [0.25, 0.3) is 0 Å². The predicted molar refractivity (Wildman–Crippen MR) is 132 cm³/mol. The lowest BCUT2D eigenvalue weighted by Gasteiger charge is -2.32. The average molecular weight is 464 g/mol. The molecule has 2 aromatic heterocycles. The second-order valence-electron chi connectivity index (χ2n) is 8.45. The van der Waals surface area contributed by atoms with Crippen molar-refractivity contribution in [1.29, 1.82) is 0 Å². The van der Waals surface area contributed by atoms with Crippen molar-refractivity contribution < 1.29 is 14.6 Å². The van der Waals surface area contributed by atoms with Crippen LogP contribution in [0.3, 0.4) is 0 Å². The first-order valence-corrected chi connectivity index (χ1v) is 11.5. The first-order valence-electron chi connectivity index (χ1n) is 11.5. The first kappa shape index (κ1) is 23.2. The summed E-state index contributed by atoms with van der Waals surface area (Å²) in [5.74, 6) is 1.10. The van der Waals surface area contributed by atoms with Crippen molar-refractivity contribution >= 4 is 46.1 Å². The Balaban J connectivity index is 1.56. The van der Waals surface area contributed by atoms with Gasteiger partial charge < -0.3 is 20.4 Å².